The number of amides is 2. The Kier molecular flexibility index (Phi) is 9.74. The number of H-pyrrole nitrogens is 2. The first kappa shape index (κ1) is 33.2. The quantitative estimate of drug-likeness (QED) is 0.140. The summed E-state index contributed by atoms with van der Waals surface area (Å²) in [4.78, 5) is 64.8. The van der Waals surface area contributed by atoms with Gasteiger partial charge in [0.05, 0.1) is 16.2 Å². The fourth-order valence-corrected chi connectivity index (χ4v) is 5.70. The van der Waals surface area contributed by atoms with E-state index < -0.39 is 22.8 Å². The maximum Gasteiger partial charge on any atom is 0.303 e. The molecule has 2 amide bonds. The van der Waals surface area contributed by atoms with Gasteiger partial charge in [0.2, 0.25) is 6.20 Å². The lowest BCUT2D eigenvalue weighted by atomic mass is 9.98. The molecule has 4 heterocycles. The standard InChI is InChI=1S/C33H35N5O8/c1-6-20-19(5)32(43)37-27(20)14-25-17(3)22(8-10-31(41)42)29(35-25)15-28-21(7-9-30(39)40)16(2)24(34-28)13-26-18(4)23(33(44)36-26)11-12-38(45)46/h6,11-14,34-35H,1,7-10,15H2,2-5H3,(H,36,44)(H,37,43)(H,39,40)(H,41,42)/b12-11+,26-13-,27-14-. The number of allylic oxidation sites excluding steroid dienone is 2. The summed E-state index contributed by atoms with van der Waals surface area (Å²) >= 11 is 0. The third kappa shape index (κ3) is 6.98. The number of aromatic nitrogens is 2. The molecule has 0 unspecified atom stereocenters. The predicted molar refractivity (Wildman–Crippen MR) is 170 cm³/mol. The monoisotopic (exact) mass is 629 g/mol. The van der Waals surface area contributed by atoms with Gasteiger partial charge in [-0.05, 0) is 80.5 Å². The predicted octanol–water partition coefficient (Wildman–Crippen LogP) is 4.14. The van der Waals surface area contributed by atoms with Gasteiger partial charge in [0.25, 0.3) is 11.8 Å². The van der Waals surface area contributed by atoms with Crippen LogP contribution in [-0.2, 0) is 38.4 Å². The van der Waals surface area contributed by atoms with E-state index in [0.29, 0.717) is 51.4 Å². The Hall–Kier alpha value is -5.72. The van der Waals surface area contributed by atoms with E-state index >= 15 is 0 Å². The number of aromatic amines is 2. The van der Waals surface area contributed by atoms with Crippen LogP contribution in [0.1, 0.15) is 71.7 Å². The molecule has 240 valence electrons. The van der Waals surface area contributed by atoms with Gasteiger partial charge in [0.15, 0.2) is 0 Å². The van der Waals surface area contributed by atoms with Crippen molar-refractivity contribution >= 4 is 35.9 Å². The van der Waals surface area contributed by atoms with Crippen LogP contribution in [0.2, 0.25) is 0 Å². The van der Waals surface area contributed by atoms with Crippen LogP contribution in [0.15, 0.2) is 58.6 Å². The highest BCUT2D eigenvalue weighted by Crippen LogP contribution is 2.31. The first-order chi connectivity index (χ1) is 21.7. The van der Waals surface area contributed by atoms with Gasteiger partial charge in [-0.1, -0.05) is 12.7 Å². The highest BCUT2D eigenvalue weighted by atomic mass is 16.6. The molecule has 2 aromatic heterocycles. The number of hydrogen-bond donors (Lipinski definition) is 6. The molecule has 0 radical (unpaired) electrons. The molecule has 0 atom stereocenters. The number of carbonyl (C=O) groups excluding carboxylic acids is 2. The van der Waals surface area contributed by atoms with Crippen LogP contribution < -0.4 is 10.6 Å². The van der Waals surface area contributed by atoms with Gasteiger partial charge in [-0.2, -0.15) is 0 Å². The first-order valence-corrected chi connectivity index (χ1v) is 14.5. The summed E-state index contributed by atoms with van der Waals surface area (Å²) in [5, 5.41) is 35.2. The minimum absolute atomic E-state index is 0.110. The van der Waals surface area contributed by atoms with Gasteiger partial charge in [0, 0.05) is 65.0 Å². The molecule has 6 N–H and O–H groups in total. The fraction of sp³-hybridized carbons (Fsp3) is 0.273. The molecule has 2 aromatic rings. The van der Waals surface area contributed by atoms with E-state index in [0.717, 1.165) is 34.0 Å². The number of carboxylic acid groups (broad SMARTS) is 2. The van der Waals surface area contributed by atoms with Crippen LogP contribution in [-0.4, -0.2) is 48.9 Å². The first-order valence-electron chi connectivity index (χ1n) is 14.5. The van der Waals surface area contributed by atoms with Crippen LogP contribution in [0, 0.1) is 24.0 Å². The summed E-state index contributed by atoms with van der Waals surface area (Å²) in [6.45, 7) is 10.9. The molecule has 13 heteroatoms. The van der Waals surface area contributed by atoms with Gasteiger partial charge < -0.3 is 30.8 Å². The summed E-state index contributed by atoms with van der Waals surface area (Å²) in [6.07, 6.45) is 7.43. The molecule has 46 heavy (non-hydrogen) atoms. The van der Waals surface area contributed by atoms with Crippen molar-refractivity contribution < 1.29 is 34.3 Å². The van der Waals surface area contributed by atoms with Gasteiger partial charge in [-0.25, -0.2) is 0 Å². The lowest BCUT2D eigenvalue weighted by molar-refractivity contribution is -0.402. The van der Waals surface area contributed by atoms with Gasteiger partial charge >= 0.3 is 11.9 Å². The third-order valence-electron chi connectivity index (χ3n) is 8.27. The Bertz CT molecular complexity index is 1840. The van der Waals surface area contributed by atoms with E-state index in [2.05, 4.69) is 27.2 Å². The molecular formula is C33H35N5O8. The van der Waals surface area contributed by atoms with Crippen molar-refractivity contribution in [3.8, 4) is 0 Å². The fourth-order valence-electron chi connectivity index (χ4n) is 5.70. The van der Waals surface area contributed by atoms with Crippen LogP contribution in [0.3, 0.4) is 0 Å². The minimum Gasteiger partial charge on any atom is -0.481 e. The van der Waals surface area contributed by atoms with E-state index in [9.17, 15) is 39.5 Å². The van der Waals surface area contributed by atoms with Crippen molar-refractivity contribution in [2.45, 2.75) is 59.8 Å². The number of nitrogens with zero attached hydrogens (tertiary/aromatic N) is 1. The number of rotatable bonds is 13. The second kappa shape index (κ2) is 13.5. The van der Waals surface area contributed by atoms with Gasteiger partial charge in [-0.15, -0.1) is 0 Å². The molecule has 0 saturated heterocycles. The van der Waals surface area contributed by atoms with Crippen molar-refractivity contribution in [1.82, 2.24) is 20.6 Å². The van der Waals surface area contributed by atoms with Crippen molar-refractivity contribution in [3.05, 3.63) is 114 Å². The number of hydrogen-bond acceptors (Lipinski definition) is 6. The molecule has 13 nitrogen and oxygen atoms in total. The van der Waals surface area contributed by atoms with Crippen molar-refractivity contribution in [1.29, 1.82) is 0 Å². The van der Waals surface area contributed by atoms with Gasteiger partial charge in [-0.3, -0.25) is 29.3 Å². The smallest absolute Gasteiger partial charge is 0.303 e. The SMILES string of the molecule is C=CC1=C(C)C(=O)N/C1=C\c1[nH]c(Cc2[nH]c(/C=C3\NC(=O)C(/C=C/[N+](=O)[O-])=C3C)c(C)c2CCC(=O)O)c(CCC(=O)O)c1C. The van der Waals surface area contributed by atoms with Crippen molar-refractivity contribution in [2.24, 2.45) is 0 Å². The van der Waals surface area contributed by atoms with Crippen molar-refractivity contribution in [2.75, 3.05) is 0 Å². The molecular weight excluding hydrogens is 594 g/mol. The zero-order valence-corrected chi connectivity index (χ0v) is 25.9. The lowest BCUT2D eigenvalue weighted by Gasteiger charge is -2.07. The Labute approximate surface area is 264 Å². The van der Waals surface area contributed by atoms with Gasteiger partial charge in [0.1, 0.15) is 0 Å². The highest BCUT2D eigenvalue weighted by molar-refractivity contribution is 6.03. The largest absolute Gasteiger partial charge is 0.481 e. The summed E-state index contributed by atoms with van der Waals surface area (Å²) in [6, 6.07) is 0. The molecule has 4 rings (SSSR count). The molecule has 0 fully saturated rings. The molecule has 0 saturated carbocycles. The van der Waals surface area contributed by atoms with Crippen molar-refractivity contribution in [3.63, 3.8) is 0 Å². The summed E-state index contributed by atoms with van der Waals surface area (Å²) in [5.41, 5.74) is 8.76. The molecule has 0 bridgehead atoms. The molecule has 0 spiro atoms. The molecule has 2 aliphatic heterocycles. The Morgan fingerprint density at radius 2 is 1.30 bits per heavy atom. The Morgan fingerprint density at radius 1 is 0.804 bits per heavy atom. The number of nitrogens with one attached hydrogen (secondary N) is 4. The van der Waals surface area contributed by atoms with Crippen LogP contribution in [0.25, 0.3) is 12.2 Å². The third-order valence-corrected chi connectivity index (χ3v) is 8.27. The zero-order valence-electron chi connectivity index (χ0n) is 25.9. The van der Waals surface area contributed by atoms with Crippen LogP contribution in [0.4, 0.5) is 0 Å². The normalized spacial score (nSPS) is 16.7. The number of nitro groups is 1. The van der Waals surface area contributed by atoms with E-state index in [-0.39, 0.29) is 43.6 Å². The van der Waals surface area contributed by atoms with Crippen LogP contribution in [0.5, 0.6) is 0 Å². The zero-order chi connectivity index (χ0) is 33.9. The number of carboxylic acids is 2. The maximum atomic E-state index is 12.5. The van der Waals surface area contributed by atoms with E-state index in [1.807, 2.05) is 13.8 Å². The maximum absolute atomic E-state index is 12.5. The van der Waals surface area contributed by atoms with E-state index in [1.54, 1.807) is 32.1 Å². The summed E-state index contributed by atoms with van der Waals surface area (Å²) < 4.78 is 0. The molecule has 2 aliphatic rings. The average Bonchev–Trinajstić information content (AvgIpc) is 3.62. The summed E-state index contributed by atoms with van der Waals surface area (Å²) in [5.74, 6) is -2.63. The average molecular weight is 630 g/mol. The lowest BCUT2D eigenvalue weighted by Crippen LogP contribution is -2.15. The topological polar surface area (TPSA) is 208 Å². The second-order valence-corrected chi connectivity index (χ2v) is 11.1. The minimum atomic E-state index is -0.970. The Morgan fingerprint density at radius 3 is 1.78 bits per heavy atom. The number of carbonyl (C=O) groups is 4. The second-order valence-electron chi connectivity index (χ2n) is 11.1. The molecule has 0 aromatic carbocycles. The van der Waals surface area contributed by atoms with E-state index in [1.165, 1.54) is 0 Å². The molecule has 0 aliphatic carbocycles. The summed E-state index contributed by atoms with van der Waals surface area (Å²) in [7, 11) is 0. The Balaban J connectivity index is 1.80. The highest BCUT2D eigenvalue weighted by Gasteiger charge is 2.26. The van der Waals surface area contributed by atoms with E-state index in [4.69, 9.17) is 0 Å². The van der Waals surface area contributed by atoms with Crippen LogP contribution >= 0.6 is 0 Å². The number of aliphatic carboxylic acids is 2.